The summed E-state index contributed by atoms with van der Waals surface area (Å²) in [6.45, 7) is 7.67. The number of furan rings is 1. The second-order valence-electron chi connectivity index (χ2n) is 8.03. The quantitative estimate of drug-likeness (QED) is 0.488. The molecule has 0 atom stereocenters. The van der Waals surface area contributed by atoms with Crippen molar-refractivity contribution in [1.82, 2.24) is 10.1 Å². The summed E-state index contributed by atoms with van der Waals surface area (Å²) in [5, 5.41) is 7.69. The number of amides is 1. The Kier molecular flexibility index (Phi) is 4.73. The first kappa shape index (κ1) is 19.4. The molecule has 1 aromatic carbocycles. The Bertz CT molecular complexity index is 1280. The number of pyridine rings is 1. The number of hydrogen-bond donors (Lipinski definition) is 1. The van der Waals surface area contributed by atoms with Crippen LogP contribution < -0.4 is 10.2 Å². The van der Waals surface area contributed by atoms with Crippen molar-refractivity contribution in [1.29, 1.82) is 0 Å². The maximum absolute atomic E-state index is 13.3. The van der Waals surface area contributed by atoms with Gasteiger partial charge in [0.05, 0.1) is 22.3 Å². The maximum atomic E-state index is 13.3. The standard InChI is InChI=1S/C24H24N4O3/c1-14-11-19(16(3)30-14)21-13-20(22-15(2)27-31-24(22)26-21)23(29)25-17-7-6-8-18(12-17)28-9-4-5-10-28/h6-8,11-13H,4-5,9-10H2,1-3H3,(H,25,29). The largest absolute Gasteiger partial charge is 0.466 e. The van der Waals surface area contributed by atoms with E-state index in [9.17, 15) is 4.79 Å². The Morgan fingerprint density at radius 3 is 2.65 bits per heavy atom. The van der Waals surface area contributed by atoms with Gasteiger partial charge in [-0.2, -0.15) is 0 Å². The summed E-state index contributed by atoms with van der Waals surface area (Å²) in [5.41, 5.74) is 4.78. The summed E-state index contributed by atoms with van der Waals surface area (Å²) in [7, 11) is 0. The monoisotopic (exact) mass is 416 g/mol. The molecule has 1 amide bonds. The topological polar surface area (TPSA) is 84.4 Å². The van der Waals surface area contributed by atoms with Gasteiger partial charge in [-0.1, -0.05) is 11.2 Å². The molecule has 0 spiro atoms. The smallest absolute Gasteiger partial charge is 0.259 e. The van der Waals surface area contributed by atoms with E-state index in [0.717, 1.165) is 41.5 Å². The molecule has 7 heteroatoms. The predicted molar refractivity (Wildman–Crippen MR) is 120 cm³/mol. The number of fused-ring (bicyclic) bond motifs is 1. The number of benzene rings is 1. The lowest BCUT2D eigenvalue weighted by Gasteiger charge is -2.18. The second kappa shape index (κ2) is 7.58. The number of hydrogen-bond acceptors (Lipinski definition) is 6. The molecular weight excluding hydrogens is 392 g/mol. The van der Waals surface area contributed by atoms with Crippen molar-refractivity contribution >= 4 is 28.4 Å². The Morgan fingerprint density at radius 1 is 1.10 bits per heavy atom. The van der Waals surface area contributed by atoms with Crippen molar-refractivity contribution in [3.8, 4) is 11.3 Å². The molecule has 0 radical (unpaired) electrons. The average Bonchev–Trinajstić information content (AvgIpc) is 3.48. The Morgan fingerprint density at radius 2 is 1.90 bits per heavy atom. The van der Waals surface area contributed by atoms with Gasteiger partial charge in [-0.3, -0.25) is 4.79 Å². The van der Waals surface area contributed by atoms with E-state index in [4.69, 9.17) is 8.94 Å². The fourth-order valence-electron chi connectivity index (χ4n) is 4.25. The fourth-order valence-corrected chi connectivity index (χ4v) is 4.25. The van der Waals surface area contributed by atoms with Crippen molar-refractivity contribution in [3.05, 3.63) is 59.2 Å². The molecule has 0 unspecified atom stereocenters. The molecular formula is C24H24N4O3. The van der Waals surface area contributed by atoms with E-state index in [2.05, 4.69) is 26.4 Å². The van der Waals surface area contributed by atoms with Crippen molar-refractivity contribution in [2.45, 2.75) is 33.6 Å². The summed E-state index contributed by atoms with van der Waals surface area (Å²) >= 11 is 0. The van der Waals surface area contributed by atoms with Crippen LogP contribution in [0, 0.1) is 20.8 Å². The second-order valence-corrected chi connectivity index (χ2v) is 8.03. The van der Waals surface area contributed by atoms with Crippen LogP contribution in [-0.4, -0.2) is 29.1 Å². The average molecular weight is 416 g/mol. The van der Waals surface area contributed by atoms with Gasteiger partial charge in [0.15, 0.2) is 0 Å². The van der Waals surface area contributed by atoms with Crippen LogP contribution >= 0.6 is 0 Å². The molecule has 3 aromatic heterocycles. The normalized spacial score (nSPS) is 13.8. The van der Waals surface area contributed by atoms with E-state index in [-0.39, 0.29) is 5.91 Å². The Balaban J connectivity index is 1.53. The molecule has 1 saturated heterocycles. The summed E-state index contributed by atoms with van der Waals surface area (Å²) < 4.78 is 11.1. The van der Waals surface area contributed by atoms with Crippen LogP contribution in [0.5, 0.6) is 0 Å². The lowest BCUT2D eigenvalue weighted by Crippen LogP contribution is -2.18. The lowest BCUT2D eigenvalue weighted by atomic mass is 10.1. The van der Waals surface area contributed by atoms with Gasteiger partial charge in [0.25, 0.3) is 11.6 Å². The number of rotatable bonds is 4. The molecule has 31 heavy (non-hydrogen) atoms. The number of nitrogens with zero attached hydrogens (tertiary/aromatic N) is 3. The van der Waals surface area contributed by atoms with E-state index >= 15 is 0 Å². The van der Waals surface area contributed by atoms with Crippen molar-refractivity contribution in [3.63, 3.8) is 0 Å². The minimum atomic E-state index is -0.226. The Labute approximate surface area is 180 Å². The number of nitrogens with one attached hydrogen (secondary N) is 1. The van der Waals surface area contributed by atoms with E-state index in [0.29, 0.717) is 28.1 Å². The number of carbonyl (C=O) groups excluding carboxylic acids is 1. The molecule has 0 aliphatic carbocycles. The van der Waals surface area contributed by atoms with E-state index in [1.165, 1.54) is 12.8 Å². The van der Waals surface area contributed by atoms with Crippen molar-refractivity contribution in [2.24, 2.45) is 0 Å². The van der Waals surface area contributed by atoms with Gasteiger partial charge in [0.1, 0.15) is 11.5 Å². The van der Waals surface area contributed by atoms with Gasteiger partial charge >= 0.3 is 0 Å². The van der Waals surface area contributed by atoms with Crippen LogP contribution in [-0.2, 0) is 0 Å². The molecule has 1 N–H and O–H groups in total. The lowest BCUT2D eigenvalue weighted by molar-refractivity contribution is 0.102. The molecule has 7 nitrogen and oxygen atoms in total. The van der Waals surface area contributed by atoms with Gasteiger partial charge in [0, 0.05) is 30.0 Å². The molecule has 1 aliphatic rings. The highest BCUT2D eigenvalue weighted by atomic mass is 16.5. The van der Waals surface area contributed by atoms with E-state index in [1.54, 1.807) is 6.07 Å². The molecule has 4 aromatic rings. The van der Waals surface area contributed by atoms with Crippen LogP contribution in [0.2, 0.25) is 0 Å². The van der Waals surface area contributed by atoms with Crippen LogP contribution in [0.3, 0.4) is 0 Å². The summed E-state index contributed by atoms with van der Waals surface area (Å²) in [6, 6.07) is 11.7. The van der Waals surface area contributed by atoms with Gasteiger partial charge < -0.3 is 19.2 Å². The fraction of sp³-hybridized carbons (Fsp3) is 0.292. The first-order chi connectivity index (χ1) is 15.0. The summed E-state index contributed by atoms with van der Waals surface area (Å²) in [5.74, 6) is 1.30. The summed E-state index contributed by atoms with van der Waals surface area (Å²) in [6.07, 6.45) is 2.40. The van der Waals surface area contributed by atoms with Gasteiger partial charge in [0.2, 0.25) is 0 Å². The summed E-state index contributed by atoms with van der Waals surface area (Å²) in [4.78, 5) is 20.3. The molecule has 0 bridgehead atoms. The van der Waals surface area contributed by atoms with Crippen LogP contribution in [0.15, 0.2) is 45.3 Å². The molecule has 158 valence electrons. The SMILES string of the molecule is Cc1cc(-c2cc(C(=O)Nc3cccc(N4CCCC4)c3)c3c(C)noc3n2)c(C)o1. The predicted octanol–water partition coefficient (Wildman–Crippen LogP) is 5.26. The zero-order valence-electron chi connectivity index (χ0n) is 17.9. The number of carbonyl (C=O) groups is 1. The highest BCUT2D eigenvalue weighted by molar-refractivity contribution is 6.13. The Hall–Kier alpha value is -3.61. The third kappa shape index (κ3) is 3.56. The van der Waals surface area contributed by atoms with Crippen LogP contribution in [0.4, 0.5) is 11.4 Å². The van der Waals surface area contributed by atoms with Crippen LogP contribution in [0.1, 0.15) is 40.4 Å². The first-order valence-corrected chi connectivity index (χ1v) is 10.5. The third-order valence-corrected chi connectivity index (χ3v) is 5.75. The third-order valence-electron chi connectivity index (χ3n) is 5.75. The van der Waals surface area contributed by atoms with E-state index < -0.39 is 0 Å². The van der Waals surface area contributed by atoms with E-state index in [1.807, 2.05) is 45.0 Å². The minimum Gasteiger partial charge on any atom is -0.466 e. The number of aryl methyl sites for hydroxylation is 3. The maximum Gasteiger partial charge on any atom is 0.259 e. The van der Waals surface area contributed by atoms with Gasteiger partial charge in [-0.05, 0) is 63.9 Å². The number of aromatic nitrogens is 2. The highest BCUT2D eigenvalue weighted by Crippen LogP contribution is 2.31. The zero-order valence-corrected chi connectivity index (χ0v) is 17.9. The molecule has 4 heterocycles. The van der Waals surface area contributed by atoms with Crippen LogP contribution in [0.25, 0.3) is 22.4 Å². The zero-order chi connectivity index (χ0) is 21.5. The first-order valence-electron chi connectivity index (χ1n) is 10.5. The van der Waals surface area contributed by atoms with Crippen molar-refractivity contribution < 1.29 is 13.7 Å². The van der Waals surface area contributed by atoms with Gasteiger partial charge in [-0.25, -0.2) is 4.98 Å². The highest BCUT2D eigenvalue weighted by Gasteiger charge is 2.21. The minimum absolute atomic E-state index is 0.226. The molecule has 1 aliphatic heterocycles. The molecule has 5 rings (SSSR count). The van der Waals surface area contributed by atoms with Crippen molar-refractivity contribution in [2.75, 3.05) is 23.3 Å². The molecule has 1 fully saturated rings. The van der Waals surface area contributed by atoms with Gasteiger partial charge in [-0.15, -0.1) is 0 Å². The molecule has 0 saturated carbocycles. The number of anilines is 2.